The molecule has 0 heterocycles. The van der Waals surface area contributed by atoms with Crippen LogP contribution in [0.1, 0.15) is 17.2 Å². The van der Waals surface area contributed by atoms with Gasteiger partial charge in [-0.2, -0.15) is 5.26 Å². The predicted octanol–water partition coefficient (Wildman–Crippen LogP) is 1.67. The molecule has 3 N–H and O–H groups in total. The van der Waals surface area contributed by atoms with Crippen molar-refractivity contribution in [3.8, 4) is 11.8 Å². The van der Waals surface area contributed by atoms with Crippen LogP contribution in [0.2, 0.25) is 0 Å². The molecule has 0 aliphatic rings. The van der Waals surface area contributed by atoms with Crippen LogP contribution >= 0.6 is 0 Å². The van der Waals surface area contributed by atoms with E-state index < -0.39 is 29.6 Å². The van der Waals surface area contributed by atoms with E-state index >= 15 is 0 Å². The van der Waals surface area contributed by atoms with E-state index in [1.54, 1.807) is 0 Å². The van der Waals surface area contributed by atoms with Crippen molar-refractivity contribution >= 4 is 0 Å². The topological polar surface area (TPSA) is 70.0 Å². The van der Waals surface area contributed by atoms with Crippen molar-refractivity contribution in [1.29, 1.82) is 5.26 Å². The van der Waals surface area contributed by atoms with Crippen LogP contribution in [0.25, 0.3) is 0 Å². The lowest BCUT2D eigenvalue weighted by Gasteiger charge is -2.13. The minimum absolute atomic E-state index is 0.344. The molecule has 0 aromatic heterocycles. The van der Waals surface area contributed by atoms with E-state index in [9.17, 15) is 18.3 Å². The predicted molar refractivity (Wildman–Crippen MR) is 45.7 cm³/mol. The van der Waals surface area contributed by atoms with Crippen molar-refractivity contribution < 1.29 is 18.3 Å². The number of aromatic hydroxyl groups is 1. The Morgan fingerprint density at radius 3 is 2.47 bits per heavy atom. The average Bonchev–Trinajstić information content (AvgIpc) is 2.17. The lowest BCUT2D eigenvalue weighted by atomic mass is 10.0. The summed E-state index contributed by atoms with van der Waals surface area (Å²) in [5.41, 5.74) is 4.05. The molecular formula is C9H7F3N2O. The second-order valence-electron chi connectivity index (χ2n) is 2.83. The second kappa shape index (κ2) is 4.19. The van der Waals surface area contributed by atoms with Gasteiger partial charge in [-0.15, -0.1) is 0 Å². The number of nitrogens with zero attached hydrogens (tertiary/aromatic N) is 1. The number of alkyl halides is 2. The minimum atomic E-state index is -2.90. The van der Waals surface area contributed by atoms with Gasteiger partial charge in [0.25, 0.3) is 6.43 Å². The molecular weight excluding hydrogens is 209 g/mol. The summed E-state index contributed by atoms with van der Waals surface area (Å²) in [5, 5.41) is 17.8. The molecule has 1 rings (SSSR count). The van der Waals surface area contributed by atoms with E-state index in [1.165, 1.54) is 6.07 Å². The Morgan fingerprint density at radius 1 is 1.40 bits per heavy atom. The van der Waals surface area contributed by atoms with E-state index in [-0.39, 0.29) is 5.56 Å². The third kappa shape index (κ3) is 2.02. The van der Waals surface area contributed by atoms with E-state index in [1.807, 2.05) is 0 Å². The zero-order chi connectivity index (χ0) is 11.6. The minimum Gasteiger partial charge on any atom is -0.506 e. The van der Waals surface area contributed by atoms with Crippen LogP contribution in [0.15, 0.2) is 12.1 Å². The average molecular weight is 216 g/mol. The zero-order valence-electron chi connectivity index (χ0n) is 7.42. The molecule has 0 unspecified atom stereocenters. The van der Waals surface area contributed by atoms with Gasteiger partial charge in [-0.1, -0.05) is 6.07 Å². The Kier molecular flexibility index (Phi) is 3.17. The first-order chi connectivity index (χ1) is 6.99. The fourth-order valence-corrected chi connectivity index (χ4v) is 1.09. The molecule has 0 fully saturated rings. The highest BCUT2D eigenvalue weighted by Gasteiger charge is 2.23. The van der Waals surface area contributed by atoms with Gasteiger partial charge in [-0.05, 0) is 6.07 Å². The van der Waals surface area contributed by atoms with Gasteiger partial charge in [0, 0.05) is 5.56 Å². The zero-order valence-corrected chi connectivity index (χ0v) is 7.42. The first-order valence-corrected chi connectivity index (χ1v) is 3.94. The molecule has 0 saturated carbocycles. The van der Waals surface area contributed by atoms with Gasteiger partial charge in [0.1, 0.15) is 23.2 Å². The van der Waals surface area contributed by atoms with Crippen LogP contribution in [0, 0.1) is 17.1 Å². The lowest BCUT2D eigenvalue weighted by Crippen LogP contribution is -2.19. The summed E-state index contributed by atoms with van der Waals surface area (Å²) in [7, 11) is 0. The summed E-state index contributed by atoms with van der Waals surface area (Å²) in [6, 6.07) is 1.38. The summed E-state index contributed by atoms with van der Waals surface area (Å²) < 4.78 is 37.3. The van der Waals surface area contributed by atoms with Crippen molar-refractivity contribution in [3.05, 3.63) is 29.1 Å². The van der Waals surface area contributed by atoms with Crippen molar-refractivity contribution in [2.75, 3.05) is 0 Å². The highest BCUT2D eigenvalue weighted by Crippen LogP contribution is 2.30. The molecule has 1 aromatic rings. The SMILES string of the molecule is N#Cc1c(F)ccc([C@@H](N)C(F)F)c1O. The normalized spacial score (nSPS) is 12.5. The summed E-state index contributed by atoms with van der Waals surface area (Å²) in [4.78, 5) is 0. The van der Waals surface area contributed by atoms with Gasteiger partial charge in [-0.3, -0.25) is 0 Å². The smallest absolute Gasteiger partial charge is 0.257 e. The number of hydrogen-bond donors (Lipinski definition) is 2. The number of phenols is 1. The van der Waals surface area contributed by atoms with Crippen LogP contribution in [0.4, 0.5) is 13.2 Å². The van der Waals surface area contributed by atoms with Crippen LogP contribution in [0.5, 0.6) is 5.75 Å². The second-order valence-corrected chi connectivity index (χ2v) is 2.83. The fraction of sp³-hybridized carbons (Fsp3) is 0.222. The van der Waals surface area contributed by atoms with E-state index in [0.717, 1.165) is 12.1 Å². The first kappa shape index (κ1) is 11.3. The Hall–Kier alpha value is -1.74. The Labute approximate surface area is 83.5 Å². The van der Waals surface area contributed by atoms with Crippen LogP contribution in [-0.2, 0) is 0 Å². The highest BCUT2D eigenvalue weighted by atomic mass is 19.3. The van der Waals surface area contributed by atoms with Crippen molar-refractivity contribution in [2.24, 2.45) is 5.73 Å². The standard InChI is InChI=1S/C9H7F3N2O/c10-6-2-1-4(7(14)9(11)12)8(15)5(6)3-13/h1-2,7,9,15H,14H2/t7-/m1/s1. The maximum absolute atomic E-state index is 12.9. The Balaban J connectivity index is 3.29. The third-order valence-electron chi connectivity index (χ3n) is 1.90. The summed E-state index contributed by atoms with van der Waals surface area (Å²) in [6.07, 6.45) is -2.90. The quantitative estimate of drug-likeness (QED) is 0.789. The highest BCUT2D eigenvalue weighted by molar-refractivity contribution is 5.49. The number of nitriles is 1. The number of rotatable bonds is 2. The number of benzene rings is 1. The van der Waals surface area contributed by atoms with Gasteiger partial charge in [0.2, 0.25) is 0 Å². The Bertz CT molecular complexity index is 415. The number of hydrogen-bond acceptors (Lipinski definition) is 3. The van der Waals surface area contributed by atoms with E-state index in [4.69, 9.17) is 11.0 Å². The van der Waals surface area contributed by atoms with Gasteiger partial charge < -0.3 is 10.8 Å². The summed E-state index contributed by atoms with van der Waals surface area (Å²) in [5.74, 6) is -1.80. The Morgan fingerprint density at radius 2 is 2.00 bits per heavy atom. The molecule has 80 valence electrons. The molecule has 0 spiro atoms. The summed E-state index contributed by atoms with van der Waals surface area (Å²) >= 11 is 0. The number of halogens is 3. The fourth-order valence-electron chi connectivity index (χ4n) is 1.09. The molecule has 1 atom stereocenters. The van der Waals surface area contributed by atoms with Gasteiger partial charge >= 0.3 is 0 Å². The molecule has 0 bridgehead atoms. The van der Waals surface area contributed by atoms with Crippen LogP contribution in [0.3, 0.4) is 0 Å². The maximum Gasteiger partial charge on any atom is 0.257 e. The van der Waals surface area contributed by atoms with Crippen molar-refractivity contribution in [1.82, 2.24) is 0 Å². The van der Waals surface area contributed by atoms with E-state index in [0.29, 0.717) is 0 Å². The van der Waals surface area contributed by atoms with Crippen LogP contribution in [-0.4, -0.2) is 11.5 Å². The summed E-state index contributed by atoms with van der Waals surface area (Å²) in [6.45, 7) is 0. The largest absolute Gasteiger partial charge is 0.506 e. The van der Waals surface area contributed by atoms with E-state index in [2.05, 4.69) is 0 Å². The molecule has 6 heteroatoms. The molecule has 0 aliphatic carbocycles. The third-order valence-corrected chi connectivity index (χ3v) is 1.90. The van der Waals surface area contributed by atoms with Crippen LogP contribution < -0.4 is 5.73 Å². The van der Waals surface area contributed by atoms with Crippen molar-refractivity contribution in [3.63, 3.8) is 0 Å². The number of nitrogens with two attached hydrogens (primary N) is 1. The van der Waals surface area contributed by atoms with Gasteiger partial charge in [0.05, 0.1) is 6.04 Å². The molecule has 3 nitrogen and oxygen atoms in total. The van der Waals surface area contributed by atoms with Crippen molar-refractivity contribution in [2.45, 2.75) is 12.5 Å². The lowest BCUT2D eigenvalue weighted by molar-refractivity contribution is 0.115. The molecule has 0 aliphatic heterocycles. The maximum atomic E-state index is 12.9. The number of phenolic OH excluding ortho intramolecular Hbond substituents is 1. The van der Waals surface area contributed by atoms with Gasteiger partial charge in [-0.25, -0.2) is 13.2 Å². The molecule has 0 amide bonds. The molecule has 0 radical (unpaired) electrons. The van der Waals surface area contributed by atoms with Gasteiger partial charge in [0.15, 0.2) is 0 Å². The molecule has 15 heavy (non-hydrogen) atoms. The molecule has 0 saturated heterocycles. The first-order valence-electron chi connectivity index (χ1n) is 3.94. The molecule has 1 aromatic carbocycles. The monoisotopic (exact) mass is 216 g/mol.